The van der Waals surface area contributed by atoms with Gasteiger partial charge < -0.3 is 5.32 Å². The Morgan fingerprint density at radius 1 is 1.05 bits per heavy atom. The van der Waals surface area contributed by atoms with Gasteiger partial charge in [0.25, 0.3) is 0 Å². The minimum atomic E-state index is -1.13. The summed E-state index contributed by atoms with van der Waals surface area (Å²) in [5.41, 5.74) is 0.248. The van der Waals surface area contributed by atoms with Gasteiger partial charge in [0.1, 0.15) is 5.82 Å². The highest BCUT2D eigenvalue weighted by molar-refractivity contribution is 5.85. The summed E-state index contributed by atoms with van der Waals surface area (Å²) in [6.07, 6.45) is 0.669. The second-order valence-corrected chi connectivity index (χ2v) is 4.50. The van der Waals surface area contributed by atoms with Crippen LogP contribution in [0.4, 0.5) is 13.2 Å². The molecule has 0 bridgehead atoms. The maximum Gasteiger partial charge on any atom is 0.161 e. The van der Waals surface area contributed by atoms with Crippen molar-refractivity contribution >= 4 is 24.8 Å². The summed E-state index contributed by atoms with van der Waals surface area (Å²) in [6.45, 7) is 5.17. The van der Waals surface area contributed by atoms with Crippen LogP contribution in [0.3, 0.4) is 0 Å². The highest BCUT2D eigenvalue weighted by atomic mass is 35.5. The van der Waals surface area contributed by atoms with Crippen LogP contribution >= 0.6 is 24.8 Å². The summed E-state index contributed by atoms with van der Waals surface area (Å²) in [5.74, 6) is -2.79. The lowest BCUT2D eigenvalue weighted by molar-refractivity contribution is 0.165. The van der Waals surface area contributed by atoms with Gasteiger partial charge in [-0.3, -0.25) is 4.90 Å². The monoisotopic (exact) mass is 330 g/mol. The Balaban J connectivity index is 0.00000180. The Morgan fingerprint density at radius 3 is 2.15 bits per heavy atom. The number of nitrogens with one attached hydrogen (secondary N) is 1. The van der Waals surface area contributed by atoms with E-state index in [1.165, 1.54) is 0 Å². The van der Waals surface area contributed by atoms with Gasteiger partial charge in [-0.15, -0.1) is 24.8 Å². The molecule has 1 aromatic rings. The van der Waals surface area contributed by atoms with E-state index < -0.39 is 17.5 Å². The van der Waals surface area contributed by atoms with Gasteiger partial charge in [0, 0.05) is 43.9 Å². The van der Waals surface area contributed by atoms with Crippen molar-refractivity contribution in [3.05, 3.63) is 35.1 Å². The fraction of sp³-hybridized carbons (Fsp3) is 0.538. The molecule has 20 heavy (non-hydrogen) atoms. The second-order valence-electron chi connectivity index (χ2n) is 4.50. The minimum Gasteiger partial charge on any atom is -0.314 e. The lowest BCUT2D eigenvalue weighted by Gasteiger charge is -2.34. The van der Waals surface area contributed by atoms with Crippen molar-refractivity contribution in [3.63, 3.8) is 0 Å². The van der Waals surface area contributed by atoms with Crippen LogP contribution in [-0.4, -0.2) is 31.1 Å². The summed E-state index contributed by atoms with van der Waals surface area (Å²) in [4.78, 5) is 2.10. The van der Waals surface area contributed by atoms with Gasteiger partial charge in [0.05, 0.1) is 0 Å². The molecular formula is C13H19Cl2F3N2. The summed E-state index contributed by atoms with van der Waals surface area (Å²) < 4.78 is 40.0. The van der Waals surface area contributed by atoms with E-state index in [0.717, 1.165) is 32.2 Å². The average Bonchev–Trinajstić information content (AvgIpc) is 2.38. The summed E-state index contributed by atoms with van der Waals surface area (Å²) in [7, 11) is 0. The molecule has 0 spiro atoms. The number of hydrogen-bond acceptors (Lipinski definition) is 2. The number of halogens is 5. The summed E-state index contributed by atoms with van der Waals surface area (Å²) in [5, 5.41) is 3.21. The van der Waals surface area contributed by atoms with E-state index in [2.05, 4.69) is 10.2 Å². The first kappa shape index (κ1) is 19.5. The highest BCUT2D eigenvalue weighted by Crippen LogP contribution is 2.28. The van der Waals surface area contributed by atoms with Crippen LogP contribution in [0, 0.1) is 17.5 Å². The Hall–Kier alpha value is -0.490. The largest absolute Gasteiger partial charge is 0.314 e. The van der Waals surface area contributed by atoms with Crippen molar-refractivity contribution in [3.8, 4) is 0 Å². The third kappa shape index (κ3) is 4.25. The molecule has 116 valence electrons. The van der Waals surface area contributed by atoms with Crippen molar-refractivity contribution in [1.29, 1.82) is 0 Å². The van der Waals surface area contributed by atoms with Crippen LogP contribution < -0.4 is 5.32 Å². The quantitative estimate of drug-likeness (QED) is 0.855. The van der Waals surface area contributed by atoms with Gasteiger partial charge >= 0.3 is 0 Å². The molecule has 1 saturated heterocycles. The van der Waals surface area contributed by atoms with E-state index in [-0.39, 0.29) is 36.4 Å². The third-order valence-electron chi connectivity index (χ3n) is 3.38. The lowest BCUT2D eigenvalue weighted by Crippen LogP contribution is -2.45. The van der Waals surface area contributed by atoms with Crippen LogP contribution in [0.5, 0.6) is 0 Å². The molecule has 1 atom stereocenters. The third-order valence-corrected chi connectivity index (χ3v) is 3.38. The van der Waals surface area contributed by atoms with Gasteiger partial charge in [0.15, 0.2) is 11.6 Å². The fourth-order valence-corrected chi connectivity index (χ4v) is 2.46. The molecule has 1 fully saturated rings. The first-order valence-electron chi connectivity index (χ1n) is 6.22. The predicted octanol–water partition coefficient (Wildman–Crippen LogP) is 3.30. The zero-order valence-corrected chi connectivity index (χ0v) is 12.8. The van der Waals surface area contributed by atoms with E-state index in [1.54, 1.807) is 0 Å². The maximum atomic E-state index is 13.8. The zero-order valence-electron chi connectivity index (χ0n) is 11.2. The van der Waals surface area contributed by atoms with E-state index in [4.69, 9.17) is 0 Å². The van der Waals surface area contributed by atoms with Crippen molar-refractivity contribution in [2.24, 2.45) is 0 Å². The molecule has 0 aliphatic carbocycles. The van der Waals surface area contributed by atoms with Crippen molar-refractivity contribution in [2.75, 3.05) is 26.2 Å². The molecule has 0 unspecified atom stereocenters. The van der Waals surface area contributed by atoms with Gasteiger partial charge in [-0.25, -0.2) is 13.2 Å². The van der Waals surface area contributed by atoms with Crippen molar-refractivity contribution < 1.29 is 13.2 Å². The van der Waals surface area contributed by atoms with Crippen LogP contribution in [0.2, 0.25) is 0 Å². The first-order valence-corrected chi connectivity index (χ1v) is 6.22. The highest BCUT2D eigenvalue weighted by Gasteiger charge is 2.24. The average molecular weight is 331 g/mol. The van der Waals surface area contributed by atoms with Crippen LogP contribution in [0.25, 0.3) is 0 Å². The molecule has 1 aromatic carbocycles. The predicted molar refractivity (Wildman–Crippen MR) is 78.3 cm³/mol. The lowest BCUT2D eigenvalue weighted by atomic mass is 10.0. The molecule has 2 nitrogen and oxygen atoms in total. The van der Waals surface area contributed by atoms with Crippen LogP contribution in [0.15, 0.2) is 12.1 Å². The molecule has 0 aromatic heterocycles. The van der Waals surface area contributed by atoms with Crippen LogP contribution in [-0.2, 0) is 0 Å². The molecule has 7 heteroatoms. The molecule has 1 aliphatic heterocycles. The van der Waals surface area contributed by atoms with E-state index >= 15 is 0 Å². The number of rotatable bonds is 3. The summed E-state index contributed by atoms with van der Waals surface area (Å²) in [6, 6.07) is 1.43. The molecule has 0 amide bonds. The Kier molecular flexibility index (Phi) is 8.51. The van der Waals surface area contributed by atoms with Gasteiger partial charge in [-0.1, -0.05) is 6.92 Å². The van der Waals surface area contributed by atoms with Crippen molar-refractivity contribution in [1.82, 2.24) is 10.2 Å². The van der Waals surface area contributed by atoms with Gasteiger partial charge in [0.2, 0.25) is 0 Å². The number of hydrogen-bond donors (Lipinski definition) is 1. The zero-order chi connectivity index (χ0) is 13.1. The number of nitrogens with zero attached hydrogens (tertiary/aromatic N) is 1. The molecular weight excluding hydrogens is 312 g/mol. The number of piperazine rings is 1. The molecule has 2 rings (SSSR count). The van der Waals surface area contributed by atoms with E-state index in [1.807, 2.05) is 6.92 Å². The standard InChI is InChI=1S/C13H17F3N2.2ClH/c1-2-13(18-5-3-17-4-6-18)9-7-11(15)12(16)8-10(9)14;;/h7-8,13,17H,2-6H2,1H3;2*1H/t13-;;/m1../s1. The summed E-state index contributed by atoms with van der Waals surface area (Å²) >= 11 is 0. The first-order chi connectivity index (χ1) is 8.63. The maximum absolute atomic E-state index is 13.8. The van der Waals surface area contributed by atoms with Gasteiger partial charge in [-0.05, 0) is 12.5 Å². The normalized spacial score (nSPS) is 17.0. The molecule has 1 heterocycles. The molecule has 1 N–H and O–H groups in total. The SMILES string of the molecule is CC[C@H](c1cc(F)c(F)cc1F)N1CCNCC1.Cl.Cl. The van der Waals surface area contributed by atoms with Crippen LogP contribution in [0.1, 0.15) is 24.9 Å². The Labute approximate surface area is 129 Å². The molecule has 0 saturated carbocycles. The van der Waals surface area contributed by atoms with E-state index in [0.29, 0.717) is 12.5 Å². The Bertz CT molecular complexity index is 426. The van der Waals surface area contributed by atoms with E-state index in [9.17, 15) is 13.2 Å². The van der Waals surface area contributed by atoms with Gasteiger partial charge in [-0.2, -0.15) is 0 Å². The topological polar surface area (TPSA) is 15.3 Å². The number of benzene rings is 1. The second kappa shape index (κ2) is 8.72. The fourth-order valence-electron chi connectivity index (χ4n) is 2.46. The smallest absolute Gasteiger partial charge is 0.161 e. The Morgan fingerprint density at radius 2 is 1.60 bits per heavy atom. The molecule has 0 radical (unpaired) electrons. The minimum absolute atomic E-state index is 0. The molecule has 1 aliphatic rings. The van der Waals surface area contributed by atoms with Crippen molar-refractivity contribution in [2.45, 2.75) is 19.4 Å².